The Morgan fingerprint density at radius 2 is 2.10 bits per heavy atom. The Balaban J connectivity index is 2.30. The molecule has 3 nitrogen and oxygen atoms in total. The molecule has 2 aromatic rings. The molecule has 0 aliphatic heterocycles. The number of carboxylic acids is 1. The van der Waals surface area contributed by atoms with Gasteiger partial charge in [-0.15, -0.1) is 0 Å². The van der Waals surface area contributed by atoms with Gasteiger partial charge in [0.25, 0.3) is 0 Å². The molecule has 0 fully saturated rings. The molecule has 0 saturated carbocycles. The molecular weight excluding hydrogens is 250 g/mol. The highest BCUT2D eigenvalue weighted by Crippen LogP contribution is 2.45. The first-order valence-corrected chi connectivity index (χ1v) is 7.38. The van der Waals surface area contributed by atoms with Gasteiger partial charge in [-0.1, -0.05) is 32.9 Å². The molecule has 1 aromatic heterocycles. The summed E-state index contributed by atoms with van der Waals surface area (Å²) in [5.74, 6) is 0.721. The Kier molecular flexibility index (Phi) is 3.08. The summed E-state index contributed by atoms with van der Waals surface area (Å²) in [5, 5.41) is 10.5. The van der Waals surface area contributed by atoms with Crippen molar-refractivity contribution in [2.24, 2.45) is 5.92 Å². The minimum atomic E-state index is -0.858. The maximum Gasteiger partial charge on any atom is 0.337 e. The Morgan fingerprint density at radius 3 is 2.75 bits per heavy atom. The van der Waals surface area contributed by atoms with Crippen molar-refractivity contribution >= 4 is 16.9 Å². The zero-order valence-corrected chi connectivity index (χ0v) is 12.2. The van der Waals surface area contributed by atoms with Crippen LogP contribution < -0.4 is 0 Å². The minimum Gasteiger partial charge on any atom is -0.478 e. The molecule has 3 rings (SSSR count). The van der Waals surface area contributed by atoms with Gasteiger partial charge in [0.1, 0.15) is 0 Å². The van der Waals surface area contributed by atoms with Gasteiger partial charge in [0.2, 0.25) is 0 Å². The SMILES string of the molecule is CC1CCC(C(C)C)c2[nH]c3c(C(=O)O)cccc3c21. The summed E-state index contributed by atoms with van der Waals surface area (Å²) in [5.41, 5.74) is 3.78. The number of aromatic amines is 1. The normalized spacial score (nSPS) is 22.2. The second-order valence-electron chi connectivity index (χ2n) is 6.31. The molecule has 0 saturated heterocycles. The van der Waals surface area contributed by atoms with Gasteiger partial charge in [-0.25, -0.2) is 4.79 Å². The maximum absolute atomic E-state index is 11.4. The molecule has 0 radical (unpaired) electrons. The number of carboxylic acid groups (broad SMARTS) is 1. The van der Waals surface area contributed by atoms with Crippen LogP contribution in [0.25, 0.3) is 10.9 Å². The number of carbonyl (C=O) groups is 1. The summed E-state index contributed by atoms with van der Waals surface area (Å²) in [6, 6.07) is 5.59. The van der Waals surface area contributed by atoms with Crippen LogP contribution in [0.2, 0.25) is 0 Å². The van der Waals surface area contributed by atoms with Crippen molar-refractivity contribution in [1.82, 2.24) is 4.98 Å². The Morgan fingerprint density at radius 1 is 1.35 bits per heavy atom. The summed E-state index contributed by atoms with van der Waals surface area (Å²) in [6.45, 7) is 6.73. The first-order chi connectivity index (χ1) is 9.50. The molecule has 106 valence electrons. The van der Waals surface area contributed by atoms with Gasteiger partial charge < -0.3 is 10.1 Å². The van der Waals surface area contributed by atoms with Gasteiger partial charge in [-0.3, -0.25) is 0 Å². The van der Waals surface area contributed by atoms with Crippen molar-refractivity contribution in [1.29, 1.82) is 0 Å². The summed E-state index contributed by atoms with van der Waals surface area (Å²) in [7, 11) is 0. The third-order valence-electron chi connectivity index (χ3n) is 4.71. The van der Waals surface area contributed by atoms with E-state index in [0.717, 1.165) is 10.9 Å². The van der Waals surface area contributed by atoms with Gasteiger partial charge in [-0.05, 0) is 36.3 Å². The number of rotatable bonds is 2. The standard InChI is InChI=1S/C17H21NO2/c1-9(2)11-8-7-10(3)14-12-5-4-6-13(17(19)20)15(12)18-16(11)14/h4-6,9-11,18H,7-8H2,1-3H3,(H,19,20). The highest BCUT2D eigenvalue weighted by molar-refractivity contribution is 6.03. The molecule has 3 heteroatoms. The monoisotopic (exact) mass is 271 g/mol. The lowest BCUT2D eigenvalue weighted by atomic mass is 9.76. The van der Waals surface area contributed by atoms with Crippen molar-refractivity contribution in [3.05, 3.63) is 35.0 Å². The van der Waals surface area contributed by atoms with Gasteiger partial charge in [0.05, 0.1) is 11.1 Å². The fraction of sp³-hybridized carbons (Fsp3) is 0.471. The van der Waals surface area contributed by atoms with Gasteiger partial charge in [0.15, 0.2) is 0 Å². The molecule has 1 aliphatic rings. The summed E-state index contributed by atoms with van der Waals surface area (Å²) >= 11 is 0. The fourth-order valence-corrected chi connectivity index (χ4v) is 3.64. The number of hydrogen-bond donors (Lipinski definition) is 2. The van der Waals surface area contributed by atoms with Gasteiger partial charge in [0, 0.05) is 17.0 Å². The van der Waals surface area contributed by atoms with Crippen LogP contribution in [0.3, 0.4) is 0 Å². The van der Waals surface area contributed by atoms with Crippen molar-refractivity contribution in [3.63, 3.8) is 0 Å². The van der Waals surface area contributed by atoms with E-state index in [0.29, 0.717) is 23.3 Å². The topological polar surface area (TPSA) is 53.1 Å². The molecular formula is C17H21NO2. The number of benzene rings is 1. The molecule has 0 bridgehead atoms. The number of H-pyrrole nitrogens is 1. The predicted octanol–water partition coefficient (Wildman–Crippen LogP) is 4.50. The lowest BCUT2D eigenvalue weighted by molar-refractivity contribution is 0.0699. The van der Waals surface area contributed by atoms with Gasteiger partial charge >= 0.3 is 5.97 Å². The maximum atomic E-state index is 11.4. The first-order valence-electron chi connectivity index (χ1n) is 7.38. The lowest BCUT2D eigenvalue weighted by Gasteiger charge is -2.29. The number of para-hydroxylation sites is 1. The molecule has 0 amide bonds. The third kappa shape index (κ3) is 1.84. The van der Waals surface area contributed by atoms with Crippen molar-refractivity contribution in [3.8, 4) is 0 Å². The molecule has 2 atom stereocenters. The predicted molar refractivity (Wildman–Crippen MR) is 80.5 cm³/mol. The Hall–Kier alpha value is -1.77. The number of nitrogens with one attached hydrogen (secondary N) is 1. The van der Waals surface area contributed by atoms with E-state index in [4.69, 9.17) is 0 Å². The average Bonchev–Trinajstić information content (AvgIpc) is 2.77. The van der Waals surface area contributed by atoms with Crippen molar-refractivity contribution < 1.29 is 9.90 Å². The quantitative estimate of drug-likeness (QED) is 0.844. The lowest BCUT2D eigenvalue weighted by Crippen LogP contribution is -2.16. The molecule has 2 unspecified atom stereocenters. The van der Waals surface area contributed by atoms with Gasteiger partial charge in [-0.2, -0.15) is 0 Å². The zero-order valence-electron chi connectivity index (χ0n) is 12.2. The van der Waals surface area contributed by atoms with Crippen LogP contribution in [-0.2, 0) is 0 Å². The summed E-state index contributed by atoms with van der Waals surface area (Å²) in [4.78, 5) is 14.9. The Labute approximate surface area is 119 Å². The molecule has 2 N–H and O–H groups in total. The minimum absolute atomic E-state index is 0.381. The molecule has 1 heterocycles. The largest absolute Gasteiger partial charge is 0.478 e. The van der Waals surface area contributed by atoms with E-state index in [-0.39, 0.29) is 0 Å². The zero-order chi connectivity index (χ0) is 14.4. The fourth-order valence-electron chi connectivity index (χ4n) is 3.64. The van der Waals surface area contributed by atoms with Crippen LogP contribution in [0.1, 0.15) is 67.1 Å². The second kappa shape index (κ2) is 4.65. The molecule has 1 aliphatic carbocycles. The number of aromatic carboxylic acids is 1. The van der Waals surface area contributed by atoms with Crippen LogP contribution in [0, 0.1) is 5.92 Å². The highest BCUT2D eigenvalue weighted by Gasteiger charge is 2.31. The molecule has 20 heavy (non-hydrogen) atoms. The van der Waals surface area contributed by atoms with E-state index >= 15 is 0 Å². The van der Waals surface area contributed by atoms with E-state index in [1.54, 1.807) is 6.07 Å². The number of aromatic nitrogens is 1. The number of fused-ring (bicyclic) bond motifs is 3. The first kappa shape index (κ1) is 13.2. The van der Waals surface area contributed by atoms with Crippen LogP contribution in [0.5, 0.6) is 0 Å². The number of hydrogen-bond acceptors (Lipinski definition) is 1. The van der Waals surface area contributed by atoms with Crippen molar-refractivity contribution in [2.45, 2.75) is 45.4 Å². The summed E-state index contributed by atoms with van der Waals surface area (Å²) in [6.07, 6.45) is 2.36. The van der Waals surface area contributed by atoms with Crippen molar-refractivity contribution in [2.75, 3.05) is 0 Å². The summed E-state index contributed by atoms with van der Waals surface area (Å²) < 4.78 is 0. The van der Waals surface area contributed by atoms with E-state index in [9.17, 15) is 9.90 Å². The van der Waals surface area contributed by atoms with Crippen LogP contribution in [-0.4, -0.2) is 16.1 Å². The smallest absolute Gasteiger partial charge is 0.337 e. The highest BCUT2D eigenvalue weighted by atomic mass is 16.4. The van der Waals surface area contributed by atoms with Crippen LogP contribution in [0.15, 0.2) is 18.2 Å². The second-order valence-corrected chi connectivity index (χ2v) is 6.31. The average molecular weight is 271 g/mol. The Bertz CT molecular complexity index is 669. The van der Waals surface area contributed by atoms with E-state index in [2.05, 4.69) is 31.8 Å². The van der Waals surface area contributed by atoms with E-state index in [1.807, 2.05) is 6.07 Å². The van der Waals surface area contributed by atoms with E-state index < -0.39 is 5.97 Å². The molecule has 1 aromatic carbocycles. The molecule has 0 spiro atoms. The third-order valence-corrected chi connectivity index (χ3v) is 4.71. The van der Waals surface area contributed by atoms with Crippen LogP contribution >= 0.6 is 0 Å². The van der Waals surface area contributed by atoms with E-state index in [1.165, 1.54) is 24.1 Å². The van der Waals surface area contributed by atoms with Crippen LogP contribution in [0.4, 0.5) is 0 Å².